The van der Waals surface area contributed by atoms with Crippen LogP contribution in [0, 0.1) is 0 Å². The van der Waals surface area contributed by atoms with Gasteiger partial charge < -0.3 is 20.4 Å². The second-order valence-corrected chi connectivity index (χ2v) is 5.86. The maximum atomic E-state index is 4.59. The number of piperazine rings is 1. The van der Waals surface area contributed by atoms with E-state index in [0.29, 0.717) is 6.04 Å². The molecule has 0 radical (unpaired) electrons. The van der Waals surface area contributed by atoms with Gasteiger partial charge in [-0.1, -0.05) is 6.07 Å². The molecule has 0 bridgehead atoms. The number of hydrogen-bond donors (Lipinski definition) is 2. The molecule has 0 spiro atoms. The number of hydrogen-bond acceptors (Lipinski definition) is 6. The lowest BCUT2D eigenvalue weighted by Crippen LogP contribution is -2.45. The summed E-state index contributed by atoms with van der Waals surface area (Å²) in [5, 5.41) is 6.71. The van der Waals surface area contributed by atoms with Gasteiger partial charge in [-0.2, -0.15) is 0 Å². The maximum absolute atomic E-state index is 4.59. The summed E-state index contributed by atoms with van der Waals surface area (Å²) in [6, 6.07) is 4.58. The van der Waals surface area contributed by atoms with Gasteiger partial charge in [0.25, 0.3) is 0 Å². The Bertz CT molecular complexity index is 507. The molecular weight excluding hydrogens is 264 g/mol. The molecule has 1 unspecified atom stereocenters. The minimum Gasteiger partial charge on any atom is -0.354 e. The first-order valence-corrected chi connectivity index (χ1v) is 7.64. The van der Waals surface area contributed by atoms with E-state index in [1.54, 1.807) is 0 Å². The van der Waals surface area contributed by atoms with Crippen LogP contribution in [0.15, 0.2) is 23.3 Å². The summed E-state index contributed by atoms with van der Waals surface area (Å²) in [5.41, 5.74) is 1.23. The highest BCUT2D eigenvalue weighted by atomic mass is 15.3. The molecule has 21 heavy (non-hydrogen) atoms. The average Bonchev–Trinajstić information content (AvgIpc) is 2.92. The van der Waals surface area contributed by atoms with Gasteiger partial charge in [0, 0.05) is 50.5 Å². The van der Waals surface area contributed by atoms with Crippen LogP contribution in [0.25, 0.3) is 0 Å². The molecule has 1 aromatic heterocycles. The Balaban J connectivity index is 1.65. The van der Waals surface area contributed by atoms with Gasteiger partial charge in [-0.15, -0.1) is 0 Å². The van der Waals surface area contributed by atoms with Crippen molar-refractivity contribution in [1.29, 1.82) is 0 Å². The first-order valence-electron chi connectivity index (χ1n) is 7.64. The molecule has 6 heteroatoms. The molecule has 0 aliphatic carbocycles. The maximum Gasteiger partial charge on any atom is 0.191 e. The number of guanidine groups is 1. The van der Waals surface area contributed by atoms with Crippen LogP contribution in [0.3, 0.4) is 0 Å². The van der Waals surface area contributed by atoms with E-state index in [-0.39, 0.29) is 0 Å². The van der Waals surface area contributed by atoms with Crippen molar-refractivity contribution in [2.24, 2.45) is 4.99 Å². The van der Waals surface area contributed by atoms with Crippen molar-refractivity contribution in [2.75, 3.05) is 44.7 Å². The van der Waals surface area contributed by atoms with Gasteiger partial charge in [-0.25, -0.2) is 4.98 Å². The number of nitrogens with zero attached hydrogens (tertiary/aromatic N) is 4. The molecule has 0 aromatic carbocycles. The Hall–Kier alpha value is -1.82. The lowest BCUT2D eigenvalue weighted by molar-refractivity contribution is 0.312. The SMILES string of the molecule is CC1CN=C(NCc2cccnc2N2CCN(C)CC2)N1. The summed E-state index contributed by atoms with van der Waals surface area (Å²) < 4.78 is 0. The first-order chi connectivity index (χ1) is 10.2. The molecule has 1 saturated heterocycles. The van der Waals surface area contributed by atoms with E-state index in [1.165, 1.54) is 5.56 Å². The minimum atomic E-state index is 0.429. The summed E-state index contributed by atoms with van der Waals surface area (Å²) in [4.78, 5) is 13.8. The summed E-state index contributed by atoms with van der Waals surface area (Å²) in [6.45, 7) is 8.00. The monoisotopic (exact) mass is 288 g/mol. The Labute approximate surface area is 126 Å². The van der Waals surface area contributed by atoms with E-state index < -0.39 is 0 Å². The molecule has 2 aliphatic heterocycles. The summed E-state index contributed by atoms with van der Waals surface area (Å²) in [6.07, 6.45) is 1.88. The lowest BCUT2D eigenvalue weighted by Gasteiger charge is -2.34. The first kappa shape index (κ1) is 14.1. The third-order valence-electron chi connectivity index (χ3n) is 4.02. The number of anilines is 1. The molecule has 2 N–H and O–H groups in total. The van der Waals surface area contributed by atoms with Crippen LogP contribution >= 0.6 is 0 Å². The van der Waals surface area contributed by atoms with Crippen LogP contribution < -0.4 is 15.5 Å². The molecule has 1 fully saturated rings. The van der Waals surface area contributed by atoms with Gasteiger partial charge in [0.15, 0.2) is 5.96 Å². The van der Waals surface area contributed by atoms with E-state index in [1.807, 2.05) is 12.3 Å². The molecular formula is C15H24N6. The molecule has 6 nitrogen and oxygen atoms in total. The van der Waals surface area contributed by atoms with Gasteiger partial charge in [0.05, 0.1) is 6.54 Å². The molecule has 2 aliphatic rings. The summed E-state index contributed by atoms with van der Waals surface area (Å²) in [5.74, 6) is 2.00. The van der Waals surface area contributed by atoms with E-state index >= 15 is 0 Å². The smallest absolute Gasteiger partial charge is 0.191 e. The fourth-order valence-corrected chi connectivity index (χ4v) is 2.71. The van der Waals surface area contributed by atoms with Crippen molar-refractivity contribution in [2.45, 2.75) is 19.5 Å². The van der Waals surface area contributed by atoms with Crippen LogP contribution in [0.1, 0.15) is 12.5 Å². The summed E-state index contributed by atoms with van der Waals surface area (Å²) in [7, 11) is 2.17. The van der Waals surface area contributed by atoms with E-state index in [4.69, 9.17) is 0 Å². The van der Waals surface area contributed by atoms with E-state index in [2.05, 4.69) is 50.4 Å². The quantitative estimate of drug-likeness (QED) is 0.836. The van der Waals surface area contributed by atoms with E-state index in [9.17, 15) is 0 Å². The molecule has 1 atom stereocenters. The van der Waals surface area contributed by atoms with Gasteiger partial charge in [-0.05, 0) is 20.0 Å². The average molecular weight is 288 g/mol. The number of rotatable bonds is 3. The zero-order valence-electron chi connectivity index (χ0n) is 12.8. The third kappa shape index (κ3) is 3.44. The molecule has 114 valence electrons. The fraction of sp³-hybridized carbons (Fsp3) is 0.600. The second-order valence-electron chi connectivity index (χ2n) is 5.86. The van der Waals surface area contributed by atoms with Crippen molar-refractivity contribution >= 4 is 11.8 Å². The van der Waals surface area contributed by atoms with Gasteiger partial charge in [-0.3, -0.25) is 4.99 Å². The van der Waals surface area contributed by atoms with Crippen molar-refractivity contribution in [1.82, 2.24) is 20.5 Å². The van der Waals surface area contributed by atoms with Crippen LogP contribution in [0.2, 0.25) is 0 Å². The highest BCUT2D eigenvalue weighted by Crippen LogP contribution is 2.18. The third-order valence-corrected chi connectivity index (χ3v) is 4.02. The zero-order chi connectivity index (χ0) is 14.7. The predicted octanol–water partition coefficient (Wildman–Crippen LogP) is 0.271. The van der Waals surface area contributed by atoms with Crippen molar-refractivity contribution in [3.8, 4) is 0 Å². The topological polar surface area (TPSA) is 55.8 Å². The highest BCUT2D eigenvalue weighted by Gasteiger charge is 2.18. The van der Waals surface area contributed by atoms with Crippen LogP contribution in [0.5, 0.6) is 0 Å². The van der Waals surface area contributed by atoms with Gasteiger partial charge >= 0.3 is 0 Å². The lowest BCUT2D eigenvalue weighted by atomic mass is 10.2. The normalized spacial score (nSPS) is 22.9. The largest absolute Gasteiger partial charge is 0.354 e. The Morgan fingerprint density at radius 3 is 2.86 bits per heavy atom. The van der Waals surface area contributed by atoms with E-state index in [0.717, 1.165) is 51.0 Å². The van der Waals surface area contributed by atoms with Crippen LogP contribution in [0.4, 0.5) is 5.82 Å². The molecule has 3 heterocycles. The van der Waals surface area contributed by atoms with Crippen molar-refractivity contribution in [3.63, 3.8) is 0 Å². The zero-order valence-corrected chi connectivity index (χ0v) is 12.8. The number of likely N-dealkylation sites (N-methyl/N-ethyl adjacent to an activating group) is 1. The van der Waals surface area contributed by atoms with Gasteiger partial charge in [0.1, 0.15) is 5.82 Å². The standard InChI is InChI=1S/C15H24N6/c1-12-10-17-15(19-12)18-11-13-4-3-5-16-14(13)21-8-6-20(2)7-9-21/h3-5,12H,6-11H2,1-2H3,(H2,17,18,19). The number of aromatic nitrogens is 1. The van der Waals surface area contributed by atoms with Crippen LogP contribution in [-0.4, -0.2) is 61.7 Å². The highest BCUT2D eigenvalue weighted by molar-refractivity contribution is 5.81. The fourth-order valence-electron chi connectivity index (χ4n) is 2.71. The molecule has 1 aromatic rings. The van der Waals surface area contributed by atoms with Crippen LogP contribution in [-0.2, 0) is 6.54 Å². The second kappa shape index (κ2) is 6.30. The number of nitrogens with one attached hydrogen (secondary N) is 2. The Morgan fingerprint density at radius 1 is 1.33 bits per heavy atom. The van der Waals surface area contributed by atoms with Gasteiger partial charge in [0.2, 0.25) is 0 Å². The predicted molar refractivity (Wildman–Crippen MR) is 85.7 cm³/mol. The Kier molecular flexibility index (Phi) is 4.24. The van der Waals surface area contributed by atoms with Crippen molar-refractivity contribution in [3.05, 3.63) is 23.9 Å². The molecule has 3 rings (SSSR count). The minimum absolute atomic E-state index is 0.429. The number of aliphatic imine (C=N–C) groups is 1. The molecule has 0 amide bonds. The summed E-state index contributed by atoms with van der Waals surface area (Å²) >= 11 is 0. The number of pyridine rings is 1. The molecule has 0 saturated carbocycles. The Morgan fingerprint density at radius 2 is 2.14 bits per heavy atom. The van der Waals surface area contributed by atoms with Crippen molar-refractivity contribution < 1.29 is 0 Å².